The van der Waals surface area contributed by atoms with Crippen molar-refractivity contribution < 1.29 is 18.6 Å². The number of morpholine rings is 1. The lowest BCUT2D eigenvalue weighted by molar-refractivity contribution is 0.109. The van der Waals surface area contributed by atoms with Crippen molar-refractivity contribution in [2.45, 2.75) is 50.7 Å². The topological polar surface area (TPSA) is 88.3 Å². The minimum absolute atomic E-state index is 0.1000. The van der Waals surface area contributed by atoms with E-state index in [4.69, 9.17) is 9.84 Å². The summed E-state index contributed by atoms with van der Waals surface area (Å²) in [6.45, 7) is 3.32. The first-order valence-corrected chi connectivity index (χ1v) is 12.0. The maximum absolute atomic E-state index is 12.5. The van der Waals surface area contributed by atoms with E-state index in [9.17, 15) is 13.9 Å². The van der Waals surface area contributed by atoms with Crippen LogP contribution in [0.15, 0.2) is 30.5 Å². The molecule has 1 saturated carbocycles. The van der Waals surface area contributed by atoms with Gasteiger partial charge in [0.15, 0.2) is 5.65 Å². The number of anilines is 2. The molecule has 8 nitrogen and oxygen atoms in total. The first-order valence-electron chi connectivity index (χ1n) is 12.0. The Morgan fingerprint density at radius 1 is 1.09 bits per heavy atom. The highest BCUT2D eigenvalue weighted by Crippen LogP contribution is 2.35. The number of hydrogen-bond donors (Lipinski definition) is 2. The molecule has 10 heteroatoms. The van der Waals surface area contributed by atoms with Crippen LogP contribution in [0.4, 0.5) is 20.4 Å². The second kappa shape index (κ2) is 10.2. The van der Waals surface area contributed by atoms with E-state index in [1.54, 1.807) is 6.20 Å². The first kappa shape index (κ1) is 22.9. The number of aliphatic hydroxyl groups excluding tert-OH is 1. The number of aliphatic hydroxyl groups is 1. The fraction of sp³-hybridized carbons (Fsp3) is 0.542. The monoisotopic (exact) mass is 472 g/mol. The van der Waals surface area contributed by atoms with E-state index in [0.717, 1.165) is 74.3 Å². The van der Waals surface area contributed by atoms with Crippen LogP contribution >= 0.6 is 0 Å². The van der Waals surface area contributed by atoms with E-state index in [1.807, 2.05) is 4.68 Å². The van der Waals surface area contributed by atoms with Crippen LogP contribution in [-0.4, -0.2) is 70.2 Å². The normalized spacial score (nSPS) is 21.4. The Balaban J connectivity index is 1.47. The fourth-order valence-corrected chi connectivity index (χ4v) is 4.72. The number of aromatic nitrogens is 4. The minimum atomic E-state index is -2.37. The molecule has 1 aliphatic heterocycles. The predicted octanol–water partition coefficient (Wildman–Crippen LogP) is 3.87. The number of alkyl halides is 2. The summed E-state index contributed by atoms with van der Waals surface area (Å²) >= 11 is 0. The van der Waals surface area contributed by atoms with E-state index in [2.05, 4.69) is 44.5 Å². The van der Waals surface area contributed by atoms with Gasteiger partial charge in [-0.2, -0.15) is 10.1 Å². The molecule has 2 N–H and O–H groups in total. The number of hydrogen-bond acceptors (Lipinski definition) is 7. The molecule has 2 aromatic heterocycles. The molecule has 0 amide bonds. The van der Waals surface area contributed by atoms with E-state index < -0.39 is 6.43 Å². The largest absolute Gasteiger partial charge is 0.393 e. The van der Waals surface area contributed by atoms with Crippen molar-refractivity contribution in [1.82, 2.24) is 19.7 Å². The minimum Gasteiger partial charge on any atom is -0.393 e. The third kappa shape index (κ3) is 4.97. The van der Waals surface area contributed by atoms with Crippen molar-refractivity contribution in [3.05, 3.63) is 30.5 Å². The van der Waals surface area contributed by atoms with Crippen molar-refractivity contribution in [3.8, 4) is 11.3 Å². The maximum Gasteiger partial charge on any atom is 0.240 e. The highest BCUT2D eigenvalue weighted by Gasteiger charge is 2.26. The van der Waals surface area contributed by atoms with Gasteiger partial charge >= 0.3 is 0 Å². The van der Waals surface area contributed by atoms with Gasteiger partial charge in [-0.1, -0.05) is 12.1 Å². The molecular weight excluding hydrogens is 442 g/mol. The Kier molecular flexibility index (Phi) is 6.87. The number of halogens is 2. The van der Waals surface area contributed by atoms with E-state index in [-0.39, 0.29) is 25.1 Å². The smallest absolute Gasteiger partial charge is 0.240 e. The Morgan fingerprint density at radius 2 is 1.82 bits per heavy atom. The van der Waals surface area contributed by atoms with Crippen LogP contribution in [0.5, 0.6) is 0 Å². The van der Waals surface area contributed by atoms with Crippen LogP contribution in [0, 0.1) is 0 Å². The lowest BCUT2D eigenvalue weighted by atomic mass is 9.93. The summed E-state index contributed by atoms with van der Waals surface area (Å²) in [5, 5.41) is 18.6. The molecule has 182 valence electrons. The van der Waals surface area contributed by atoms with Gasteiger partial charge in [0, 0.05) is 43.5 Å². The summed E-state index contributed by atoms with van der Waals surface area (Å²) in [5.74, 6) is 0.319. The molecule has 3 aromatic rings. The van der Waals surface area contributed by atoms with Crippen molar-refractivity contribution in [2.75, 3.05) is 43.1 Å². The number of nitrogens with one attached hydrogen (secondary N) is 1. The van der Waals surface area contributed by atoms with Crippen molar-refractivity contribution in [1.29, 1.82) is 0 Å². The Morgan fingerprint density at radius 3 is 2.53 bits per heavy atom. The molecule has 5 rings (SSSR count). The average Bonchev–Trinajstić information content (AvgIpc) is 3.24. The summed E-state index contributed by atoms with van der Waals surface area (Å²) in [5.41, 5.74) is 3.61. The van der Waals surface area contributed by atoms with Crippen LogP contribution in [0.2, 0.25) is 0 Å². The van der Waals surface area contributed by atoms with Crippen molar-refractivity contribution in [3.63, 3.8) is 0 Å². The van der Waals surface area contributed by atoms with Gasteiger partial charge in [0.05, 0.1) is 30.7 Å². The maximum atomic E-state index is 12.5. The van der Waals surface area contributed by atoms with Gasteiger partial charge in [0.25, 0.3) is 0 Å². The van der Waals surface area contributed by atoms with Crippen LogP contribution in [0.3, 0.4) is 0 Å². The van der Waals surface area contributed by atoms with Gasteiger partial charge in [-0.15, -0.1) is 0 Å². The molecule has 1 aliphatic carbocycles. The second-order valence-corrected chi connectivity index (χ2v) is 8.94. The molecule has 1 saturated heterocycles. The third-order valence-corrected chi connectivity index (χ3v) is 6.62. The zero-order valence-corrected chi connectivity index (χ0v) is 19.0. The highest BCUT2D eigenvalue weighted by molar-refractivity contribution is 5.91. The lowest BCUT2D eigenvalue weighted by Crippen LogP contribution is -2.36. The van der Waals surface area contributed by atoms with Gasteiger partial charge in [-0.3, -0.25) is 0 Å². The molecule has 0 atom stereocenters. The molecule has 0 unspecified atom stereocenters. The fourth-order valence-electron chi connectivity index (χ4n) is 4.72. The number of benzene rings is 1. The molecule has 3 heterocycles. The summed E-state index contributed by atoms with van der Waals surface area (Å²) in [6.07, 6.45) is 1.88. The van der Waals surface area contributed by atoms with Crippen LogP contribution in [-0.2, 0) is 4.74 Å². The SMILES string of the molecule is OC1CCC(n2nc(-c3ccc(N4CCOCC4)cc3)c3cnc(NCCC(F)F)nc32)CC1. The zero-order chi connectivity index (χ0) is 23.5. The molecule has 0 radical (unpaired) electrons. The summed E-state index contributed by atoms with van der Waals surface area (Å²) in [4.78, 5) is 11.3. The first-order chi connectivity index (χ1) is 16.6. The highest BCUT2D eigenvalue weighted by atomic mass is 19.3. The van der Waals surface area contributed by atoms with E-state index in [0.29, 0.717) is 11.6 Å². The molecule has 0 bridgehead atoms. The second-order valence-electron chi connectivity index (χ2n) is 8.94. The molecule has 2 aliphatic rings. The number of nitrogens with zero attached hydrogens (tertiary/aromatic N) is 5. The van der Waals surface area contributed by atoms with Crippen molar-refractivity contribution >= 4 is 22.7 Å². The average molecular weight is 473 g/mol. The molecule has 2 fully saturated rings. The molecule has 1 aromatic carbocycles. The number of ether oxygens (including phenoxy) is 1. The van der Waals surface area contributed by atoms with Crippen LogP contribution in [0.1, 0.15) is 38.1 Å². The van der Waals surface area contributed by atoms with E-state index in [1.165, 1.54) is 0 Å². The number of rotatable bonds is 7. The predicted molar refractivity (Wildman–Crippen MR) is 126 cm³/mol. The van der Waals surface area contributed by atoms with Gasteiger partial charge in [-0.05, 0) is 37.8 Å². The Hall–Kier alpha value is -2.85. The van der Waals surface area contributed by atoms with Gasteiger partial charge < -0.3 is 20.1 Å². The Bertz CT molecular complexity index is 1090. The third-order valence-electron chi connectivity index (χ3n) is 6.62. The Labute approximate surface area is 196 Å². The van der Waals surface area contributed by atoms with Crippen LogP contribution < -0.4 is 10.2 Å². The zero-order valence-electron chi connectivity index (χ0n) is 19.0. The molecule has 0 spiro atoms. The van der Waals surface area contributed by atoms with Crippen molar-refractivity contribution in [2.24, 2.45) is 0 Å². The summed E-state index contributed by atoms with van der Waals surface area (Å²) < 4.78 is 32.5. The van der Waals surface area contributed by atoms with Gasteiger partial charge in [0.2, 0.25) is 12.4 Å². The quantitative estimate of drug-likeness (QED) is 0.540. The molecular formula is C24H30F2N6O2. The lowest BCUT2D eigenvalue weighted by Gasteiger charge is -2.28. The molecule has 34 heavy (non-hydrogen) atoms. The van der Waals surface area contributed by atoms with Crippen LogP contribution in [0.25, 0.3) is 22.3 Å². The number of fused-ring (bicyclic) bond motifs is 1. The van der Waals surface area contributed by atoms with Gasteiger partial charge in [-0.25, -0.2) is 18.4 Å². The van der Waals surface area contributed by atoms with Gasteiger partial charge in [0.1, 0.15) is 5.69 Å². The summed E-state index contributed by atoms with van der Waals surface area (Å²) in [6, 6.07) is 8.45. The van der Waals surface area contributed by atoms with E-state index >= 15 is 0 Å². The summed E-state index contributed by atoms with van der Waals surface area (Å²) in [7, 11) is 0. The standard InChI is InChI=1S/C24H30F2N6O2/c25-21(26)9-10-27-24-28-15-20-22(16-1-3-17(4-2-16)31-11-13-34-14-12-31)30-32(23(20)29-24)18-5-7-19(33)8-6-18/h1-4,15,18-19,21,33H,5-14H2,(H,27,28,29).